The van der Waals surface area contributed by atoms with Crippen molar-refractivity contribution < 1.29 is 9.72 Å². The molecule has 0 heterocycles. The Morgan fingerprint density at radius 3 is 2.71 bits per heavy atom. The molecule has 0 aliphatic carbocycles. The van der Waals surface area contributed by atoms with Crippen molar-refractivity contribution in [3.63, 3.8) is 0 Å². The van der Waals surface area contributed by atoms with E-state index in [-0.39, 0.29) is 17.5 Å². The Morgan fingerprint density at radius 2 is 2.14 bits per heavy atom. The number of nitrogens with one attached hydrogen (secondary N) is 1. The molecule has 6 nitrogen and oxygen atoms in total. The second-order valence-corrected chi connectivity index (χ2v) is 5.64. The molecule has 3 N–H and O–H groups in total. The molecular weight excluding hydrogens is 270 g/mol. The maximum Gasteiger partial charge on any atom is 0.269 e. The molecule has 6 heteroatoms. The van der Waals surface area contributed by atoms with Crippen LogP contribution in [0.2, 0.25) is 0 Å². The number of hydrogen-bond acceptors (Lipinski definition) is 4. The van der Waals surface area contributed by atoms with E-state index in [1.165, 1.54) is 12.1 Å². The van der Waals surface area contributed by atoms with Crippen LogP contribution in [0.15, 0.2) is 24.3 Å². The molecule has 1 amide bonds. The number of non-ortho nitro benzene ring substituents is 1. The number of nitrogens with two attached hydrogens (primary N) is 1. The van der Waals surface area contributed by atoms with Gasteiger partial charge in [-0.3, -0.25) is 14.9 Å². The first-order valence-corrected chi connectivity index (χ1v) is 7.12. The van der Waals surface area contributed by atoms with Crippen molar-refractivity contribution in [2.75, 3.05) is 6.54 Å². The van der Waals surface area contributed by atoms with E-state index < -0.39 is 4.92 Å². The Morgan fingerprint density at radius 1 is 1.43 bits per heavy atom. The summed E-state index contributed by atoms with van der Waals surface area (Å²) in [7, 11) is 0. The lowest BCUT2D eigenvalue weighted by Crippen LogP contribution is -2.28. The Hall–Kier alpha value is -1.95. The molecule has 1 aromatic carbocycles. The van der Waals surface area contributed by atoms with E-state index in [0.29, 0.717) is 31.0 Å². The van der Waals surface area contributed by atoms with E-state index in [1.807, 2.05) is 0 Å². The first kappa shape index (κ1) is 17.1. The number of nitrogens with zero attached hydrogens (tertiary/aromatic N) is 1. The van der Waals surface area contributed by atoms with Crippen molar-refractivity contribution in [3.8, 4) is 0 Å². The van der Waals surface area contributed by atoms with Crippen LogP contribution in [0.4, 0.5) is 5.69 Å². The van der Waals surface area contributed by atoms with Gasteiger partial charge < -0.3 is 11.1 Å². The number of amides is 1. The summed E-state index contributed by atoms with van der Waals surface area (Å²) < 4.78 is 0. The van der Waals surface area contributed by atoms with Crippen LogP contribution in [-0.4, -0.2) is 17.4 Å². The Balaban J connectivity index is 2.49. The molecule has 0 saturated carbocycles. The molecule has 21 heavy (non-hydrogen) atoms. The first-order valence-electron chi connectivity index (χ1n) is 7.12. The van der Waals surface area contributed by atoms with Gasteiger partial charge in [-0.25, -0.2) is 0 Å². The van der Waals surface area contributed by atoms with Gasteiger partial charge in [0, 0.05) is 25.1 Å². The third kappa shape index (κ3) is 6.35. The summed E-state index contributed by atoms with van der Waals surface area (Å²) in [5, 5.41) is 13.5. The van der Waals surface area contributed by atoms with E-state index >= 15 is 0 Å². The van der Waals surface area contributed by atoms with Crippen molar-refractivity contribution in [2.45, 2.75) is 33.2 Å². The third-order valence-corrected chi connectivity index (χ3v) is 3.22. The predicted molar refractivity (Wildman–Crippen MR) is 81.6 cm³/mol. The smallest absolute Gasteiger partial charge is 0.269 e. The van der Waals surface area contributed by atoms with Gasteiger partial charge in [-0.15, -0.1) is 0 Å². The molecule has 0 spiro atoms. The third-order valence-electron chi connectivity index (χ3n) is 3.22. The summed E-state index contributed by atoms with van der Waals surface area (Å²) >= 11 is 0. The van der Waals surface area contributed by atoms with Crippen LogP contribution in [0.5, 0.6) is 0 Å². The fraction of sp³-hybridized carbons (Fsp3) is 0.533. The number of nitro benzene ring substituents is 1. The van der Waals surface area contributed by atoms with E-state index in [4.69, 9.17) is 5.73 Å². The van der Waals surface area contributed by atoms with Gasteiger partial charge in [-0.05, 0) is 30.4 Å². The molecule has 0 saturated heterocycles. The van der Waals surface area contributed by atoms with Gasteiger partial charge in [-0.2, -0.15) is 0 Å². The molecule has 0 unspecified atom stereocenters. The molecule has 0 aromatic heterocycles. The molecule has 116 valence electrons. The second kappa shape index (κ2) is 8.36. The molecule has 1 aromatic rings. The number of nitro groups is 1. The first-order chi connectivity index (χ1) is 9.92. The Labute approximate surface area is 124 Å². The van der Waals surface area contributed by atoms with Crippen LogP contribution in [-0.2, 0) is 11.3 Å². The molecule has 1 atom stereocenters. The summed E-state index contributed by atoms with van der Waals surface area (Å²) in [6, 6.07) is 6.26. The SMILES string of the molecule is CC(C)C[C@H](CN)CC(=O)NCc1cccc([N+](=O)[O-])c1. The predicted octanol–water partition coefficient (Wildman–Crippen LogP) is 2.22. The summed E-state index contributed by atoms with van der Waals surface area (Å²) in [6.45, 7) is 4.98. The number of hydrogen-bond donors (Lipinski definition) is 2. The average Bonchev–Trinajstić information content (AvgIpc) is 2.44. The van der Waals surface area contributed by atoms with Gasteiger partial charge in [0.1, 0.15) is 0 Å². The summed E-state index contributed by atoms with van der Waals surface area (Å²) in [5.41, 5.74) is 6.42. The molecule has 0 radical (unpaired) electrons. The summed E-state index contributed by atoms with van der Waals surface area (Å²) in [6.07, 6.45) is 1.31. The van der Waals surface area contributed by atoms with Crippen LogP contribution in [0.3, 0.4) is 0 Å². The van der Waals surface area contributed by atoms with Crippen molar-refractivity contribution in [2.24, 2.45) is 17.6 Å². The Kier molecular flexibility index (Phi) is 6.81. The van der Waals surface area contributed by atoms with Crippen LogP contribution in [0.1, 0.15) is 32.3 Å². The molecule has 0 aliphatic heterocycles. The monoisotopic (exact) mass is 293 g/mol. The lowest BCUT2D eigenvalue weighted by Gasteiger charge is -2.16. The van der Waals surface area contributed by atoms with Crippen LogP contribution in [0, 0.1) is 22.0 Å². The maximum absolute atomic E-state index is 11.9. The number of carbonyl (C=O) groups is 1. The highest BCUT2D eigenvalue weighted by Gasteiger charge is 2.14. The number of benzene rings is 1. The van der Waals surface area contributed by atoms with Gasteiger partial charge in [-0.1, -0.05) is 26.0 Å². The highest BCUT2D eigenvalue weighted by molar-refractivity contribution is 5.76. The fourth-order valence-electron chi connectivity index (χ4n) is 2.24. The average molecular weight is 293 g/mol. The number of carbonyl (C=O) groups excluding carboxylic acids is 1. The maximum atomic E-state index is 11.9. The van der Waals surface area contributed by atoms with E-state index in [0.717, 1.165) is 6.42 Å². The zero-order valence-electron chi connectivity index (χ0n) is 12.5. The topological polar surface area (TPSA) is 98.3 Å². The zero-order chi connectivity index (χ0) is 15.8. The lowest BCUT2D eigenvalue weighted by atomic mass is 9.94. The minimum atomic E-state index is -0.446. The lowest BCUT2D eigenvalue weighted by molar-refractivity contribution is -0.384. The molecular formula is C15H23N3O3. The minimum absolute atomic E-state index is 0.0291. The summed E-state index contributed by atoms with van der Waals surface area (Å²) in [5.74, 6) is 0.607. The van der Waals surface area contributed by atoms with Crippen molar-refractivity contribution in [3.05, 3.63) is 39.9 Å². The van der Waals surface area contributed by atoms with Gasteiger partial charge in [0.25, 0.3) is 5.69 Å². The molecule has 0 bridgehead atoms. The largest absolute Gasteiger partial charge is 0.352 e. The normalized spacial score (nSPS) is 12.2. The van der Waals surface area contributed by atoms with E-state index in [9.17, 15) is 14.9 Å². The van der Waals surface area contributed by atoms with E-state index in [1.54, 1.807) is 12.1 Å². The van der Waals surface area contributed by atoms with Crippen molar-refractivity contribution in [1.82, 2.24) is 5.32 Å². The quantitative estimate of drug-likeness (QED) is 0.567. The zero-order valence-corrected chi connectivity index (χ0v) is 12.5. The fourth-order valence-corrected chi connectivity index (χ4v) is 2.24. The van der Waals surface area contributed by atoms with Crippen molar-refractivity contribution in [1.29, 1.82) is 0 Å². The highest BCUT2D eigenvalue weighted by Crippen LogP contribution is 2.15. The van der Waals surface area contributed by atoms with Crippen LogP contribution in [0.25, 0.3) is 0 Å². The Bertz CT molecular complexity index is 489. The highest BCUT2D eigenvalue weighted by atomic mass is 16.6. The van der Waals surface area contributed by atoms with Gasteiger partial charge in [0.05, 0.1) is 4.92 Å². The van der Waals surface area contributed by atoms with Crippen LogP contribution >= 0.6 is 0 Å². The van der Waals surface area contributed by atoms with Crippen molar-refractivity contribution >= 4 is 11.6 Å². The van der Waals surface area contributed by atoms with E-state index in [2.05, 4.69) is 19.2 Å². The molecule has 0 fully saturated rings. The standard InChI is InChI=1S/C15H23N3O3/c1-11(2)6-13(9-16)8-15(19)17-10-12-4-3-5-14(7-12)18(20)21/h3-5,7,11,13H,6,8-10,16H2,1-2H3,(H,17,19)/t13-/m0/s1. The van der Waals surface area contributed by atoms with Crippen LogP contribution < -0.4 is 11.1 Å². The second-order valence-electron chi connectivity index (χ2n) is 5.64. The van der Waals surface area contributed by atoms with Gasteiger partial charge in [0.15, 0.2) is 0 Å². The van der Waals surface area contributed by atoms with Gasteiger partial charge in [0.2, 0.25) is 5.91 Å². The minimum Gasteiger partial charge on any atom is -0.352 e. The summed E-state index contributed by atoms with van der Waals surface area (Å²) in [4.78, 5) is 22.1. The number of rotatable bonds is 8. The molecule has 1 rings (SSSR count). The van der Waals surface area contributed by atoms with Gasteiger partial charge >= 0.3 is 0 Å². The molecule has 0 aliphatic rings.